The molecule has 0 aromatic heterocycles. The Labute approximate surface area is 122 Å². The smallest absolute Gasteiger partial charge is 0.164 e. The summed E-state index contributed by atoms with van der Waals surface area (Å²) < 4.78 is 38.1. The molecule has 112 valence electrons. The zero-order valence-corrected chi connectivity index (χ0v) is 11.7. The number of hydrogen-bond acceptors (Lipinski definition) is 3. The Morgan fingerprint density at radius 2 is 1.71 bits per heavy atom. The Bertz CT molecular complexity index is 597. The SMILES string of the molecule is COc1cccc(CCN)c1OCc1c(F)cccc1F. The summed E-state index contributed by atoms with van der Waals surface area (Å²) >= 11 is 0. The third-order valence-electron chi connectivity index (χ3n) is 3.12. The van der Waals surface area contributed by atoms with E-state index in [-0.39, 0.29) is 12.2 Å². The number of methoxy groups -OCH3 is 1. The molecule has 0 bridgehead atoms. The Morgan fingerprint density at radius 3 is 2.33 bits per heavy atom. The predicted octanol–water partition coefficient (Wildman–Crippen LogP) is 3.05. The van der Waals surface area contributed by atoms with Crippen LogP contribution in [0, 0.1) is 11.6 Å². The van der Waals surface area contributed by atoms with Gasteiger partial charge in [-0.05, 0) is 36.7 Å². The second-order valence-corrected chi connectivity index (χ2v) is 4.48. The van der Waals surface area contributed by atoms with Crippen LogP contribution < -0.4 is 15.2 Å². The average Bonchev–Trinajstić information content (AvgIpc) is 2.48. The molecule has 0 aliphatic heterocycles. The highest BCUT2D eigenvalue weighted by molar-refractivity contribution is 5.47. The van der Waals surface area contributed by atoms with Crippen LogP contribution >= 0.6 is 0 Å². The van der Waals surface area contributed by atoms with Crippen molar-refractivity contribution in [2.24, 2.45) is 5.73 Å². The molecule has 0 aliphatic rings. The highest BCUT2D eigenvalue weighted by Crippen LogP contribution is 2.32. The minimum absolute atomic E-state index is 0.109. The maximum atomic E-state index is 13.6. The molecule has 2 N–H and O–H groups in total. The normalized spacial score (nSPS) is 10.5. The van der Waals surface area contributed by atoms with Crippen molar-refractivity contribution in [1.29, 1.82) is 0 Å². The molecule has 0 radical (unpaired) electrons. The van der Waals surface area contributed by atoms with Gasteiger partial charge >= 0.3 is 0 Å². The fourth-order valence-electron chi connectivity index (χ4n) is 2.05. The van der Waals surface area contributed by atoms with Crippen molar-refractivity contribution in [3.05, 3.63) is 59.2 Å². The topological polar surface area (TPSA) is 44.5 Å². The summed E-state index contributed by atoms with van der Waals surface area (Å²) in [5.41, 5.74) is 6.29. The van der Waals surface area contributed by atoms with Gasteiger partial charge < -0.3 is 15.2 Å². The van der Waals surface area contributed by atoms with Crippen LogP contribution in [0.5, 0.6) is 11.5 Å². The number of halogens is 2. The lowest BCUT2D eigenvalue weighted by Gasteiger charge is -2.15. The molecular weight excluding hydrogens is 276 g/mol. The molecule has 0 unspecified atom stereocenters. The lowest BCUT2D eigenvalue weighted by atomic mass is 10.1. The Kier molecular flexibility index (Phi) is 5.11. The van der Waals surface area contributed by atoms with Gasteiger partial charge in [-0.25, -0.2) is 8.78 Å². The summed E-state index contributed by atoms with van der Waals surface area (Å²) in [7, 11) is 1.51. The van der Waals surface area contributed by atoms with E-state index in [1.807, 2.05) is 12.1 Å². The van der Waals surface area contributed by atoms with Crippen LogP contribution in [-0.4, -0.2) is 13.7 Å². The number of benzene rings is 2. The number of rotatable bonds is 6. The summed E-state index contributed by atoms with van der Waals surface area (Å²) in [4.78, 5) is 0. The van der Waals surface area contributed by atoms with E-state index in [1.165, 1.54) is 25.3 Å². The molecule has 2 rings (SSSR count). The molecule has 0 saturated heterocycles. The van der Waals surface area contributed by atoms with Crippen molar-refractivity contribution in [3.8, 4) is 11.5 Å². The maximum absolute atomic E-state index is 13.6. The number of nitrogens with two attached hydrogens (primary N) is 1. The fourth-order valence-corrected chi connectivity index (χ4v) is 2.05. The van der Waals surface area contributed by atoms with E-state index in [4.69, 9.17) is 15.2 Å². The van der Waals surface area contributed by atoms with Crippen molar-refractivity contribution in [3.63, 3.8) is 0 Å². The van der Waals surface area contributed by atoms with E-state index in [9.17, 15) is 8.78 Å². The molecule has 3 nitrogen and oxygen atoms in total. The van der Waals surface area contributed by atoms with E-state index in [1.54, 1.807) is 6.07 Å². The molecule has 0 amide bonds. The van der Waals surface area contributed by atoms with Crippen LogP contribution in [0.15, 0.2) is 36.4 Å². The number of ether oxygens (including phenoxy) is 2. The highest BCUT2D eigenvalue weighted by atomic mass is 19.1. The summed E-state index contributed by atoms with van der Waals surface area (Å²) in [6, 6.07) is 9.11. The van der Waals surface area contributed by atoms with Crippen LogP contribution in [0.2, 0.25) is 0 Å². The fraction of sp³-hybridized carbons (Fsp3) is 0.250. The summed E-state index contributed by atoms with van der Waals surface area (Å²) in [5, 5.41) is 0. The van der Waals surface area contributed by atoms with Crippen molar-refractivity contribution < 1.29 is 18.3 Å². The van der Waals surface area contributed by atoms with Crippen LogP contribution in [0.4, 0.5) is 8.78 Å². The molecular formula is C16H17F2NO2. The van der Waals surface area contributed by atoms with Gasteiger partial charge in [0.05, 0.1) is 12.7 Å². The first-order chi connectivity index (χ1) is 10.2. The van der Waals surface area contributed by atoms with Gasteiger partial charge in [0.15, 0.2) is 11.5 Å². The first-order valence-electron chi connectivity index (χ1n) is 6.59. The lowest BCUT2D eigenvalue weighted by Crippen LogP contribution is -2.08. The van der Waals surface area contributed by atoms with E-state index in [0.29, 0.717) is 24.5 Å². The number of hydrogen-bond donors (Lipinski definition) is 1. The maximum Gasteiger partial charge on any atom is 0.164 e. The van der Waals surface area contributed by atoms with Crippen molar-refractivity contribution in [2.45, 2.75) is 13.0 Å². The second-order valence-electron chi connectivity index (χ2n) is 4.48. The third-order valence-corrected chi connectivity index (χ3v) is 3.12. The van der Waals surface area contributed by atoms with Crippen LogP contribution in [0.25, 0.3) is 0 Å². The molecule has 2 aromatic carbocycles. The highest BCUT2D eigenvalue weighted by Gasteiger charge is 2.14. The zero-order chi connectivity index (χ0) is 15.2. The Morgan fingerprint density at radius 1 is 1.05 bits per heavy atom. The lowest BCUT2D eigenvalue weighted by molar-refractivity contribution is 0.271. The first-order valence-corrected chi connectivity index (χ1v) is 6.59. The van der Waals surface area contributed by atoms with Gasteiger partial charge in [0, 0.05) is 0 Å². The second kappa shape index (κ2) is 7.04. The quantitative estimate of drug-likeness (QED) is 0.890. The third kappa shape index (κ3) is 3.49. The van der Waals surface area contributed by atoms with E-state index in [2.05, 4.69) is 0 Å². The molecule has 2 aromatic rings. The summed E-state index contributed by atoms with van der Waals surface area (Å²) in [6.45, 7) is 0.230. The largest absolute Gasteiger partial charge is 0.493 e. The van der Waals surface area contributed by atoms with Gasteiger partial charge in [-0.2, -0.15) is 0 Å². The van der Waals surface area contributed by atoms with E-state index < -0.39 is 11.6 Å². The molecule has 5 heteroatoms. The van der Waals surface area contributed by atoms with Gasteiger partial charge in [-0.3, -0.25) is 0 Å². The Hall–Kier alpha value is -2.14. The van der Waals surface area contributed by atoms with Gasteiger partial charge in [-0.1, -0.05) is 18.2 Å². The molecule has 0 fully saturated rings. The molecule has 0 spiro atoms. The minimum Gasteiger partial charge on any atom is -0.493 e. The average molecular weight is 293 g/mol. The Balaban J connectivity index is 2.27. The van der Waals surface area contributed by atoms with Crippen LogP contribution in [0.1, 0.15) is 11.1 Å². The molecule has 0 heterocycles. The van der Waals surface area contributed by atoms with Gasteiger partial charge in [0.25, 0.3) is 0 Å². The molecule has 0 aliphatic carbocycles. The van der Waals surface area contributed by atoms with Gasteiger partial charge in [-0.15, -0.1) is 0 Å². The minimum atomic E-state index is -0.634. The standard InChI is InChI=1S/C16H17F2NO2/c1-20-15-7-2-4-11(8-9-19)16(15)21-10-12-13(17)5-3-6-14(12)18/h2-7H,8-10,19H2,1H3. The van der Waals surface area contributed by atoms with Gasteiger partial charge in [0.2, 0.25) is 0 Å². The first kappa shape index (κ1) is 15.3. The zero-order valence-electron chi connectivity index (χ0n) is 11.7. The van der Waals surface area contributed by atoms with E-state index in [0.717, 1.165) is 5.56 Å². The monoisotopic (exact) mass is 293 g/mol. The van der Waals surface area contributed by atoms with E-state index >= 15 is 0 Å². The summed E-state index contributed by atoms with van der Waals surface area (Å²) in [5.74, 6) is -0.290. The van der Waals surface area contributed by atoms with Crippen LogP contribution in [-0.2, 0) is 13.0 Å². The molecule has 0 atom stereocenters. The van der Waals surface area contributed by atoms with Crippen LogP contribution in [0.3, 0.4) is 0 Å². The predicted molar refractivity (Wildman–Crippen MR) is 76.4 cm³/mol. The number of para-hydroxylation sites is 1. The van der Waals surface area contributed by atoms with Crippen molar-refractivity contribution in [2.75, 3.05) is 13.7 Å². The summed E-state index contributed by atoms with van der Waals surface area (Å²) in [6.07, 6.45) is 0.590. The van der Waals surface area contributed by atoms with Crippen molar-refractivity contribution >= 4 is 0 Å². The molecule has 0 saturated carbocycles. The van der Waals surface area contributed by atoms with Gasteiger partial charge in [0.1, 0.15) is 18.2 Å². The van der Waals surface area contributed by atoms with Crippen molar-refractivity contribution in [1.82, 2.24) is 0 Å². The molecule has 21 heavy (non-hydrogen) atoms.